The van der Waals surface area contributed by atoms with E-state index in [1.54, 1.807) is 53.4 Å². The summed E-state index contributed by atoms with van der Waals surface area (Å²) >= 11 is 0. The molecular weight excluding hydrogens is 360 g/mol. The van der Waals surface area contributed by atoms with Crippen LogP contribution in [0.25, 0.3) is 0 Å². The number of hydrogen-bond acceptors (Lipinski definition) is 4. The summed E-state index contributed by atoms with van der Waals surface area (Å²) in [7, 11) is 0. The number of nitrogens with zero attached hydrogens (tertiary/aromatic N) is 1. The molecule has 28 heavy (non-hydrogen) atoms. The number of rotatable bonds is 5. The van der Waals surface area contributed by atoms with Crippen molar-refractivity contribution in [2.75, 3.05) is 31.6 Å². The topological polar surface area (TPSA) is 114 Å². The SMILES string of the molecule is NC(=O)NCc1ccc(C(=O)Nc2ccc(C(=O)N3CCOCC3)cc2)cc1. The van der Waals surface area contributed by atoms with Crippen LogP contribution < -0.4 is 16.4 Å². The van der Waals surface area contributed by atoms with Gasteiger partial charge in [-0.2, -0.15) is 0 Å². The van der Waals surface area contributed by atoms with Crippen molar-refractivity contribution >= 4 is 23.5 Å². The van der Waals surface area contributed by atoms with Crippen LogP contribution in [-0.2, 0) is 11.3 Å². The molecule has 3 rings (SSSR count). The number of anilines is 1. The number of urea groups is 1. The second kappa shape index (κ2) is 9.01. The van der Waals surface area contributed by atoms with Crippen molar-refractivity contribution in [1.82, 2.24) is 10.2 Å². The molecule has 0 unspecified atom stereocenters. The molecule has 0 aromatic heterocycles. The van der Waals surface area contributed by atoms with Crippen LogP contribution in [0.2, 0.25) is 0 Å². The Morgan fingerprint density at radius 3 is 2.14 bits per heavy atom. The fourth-order valence-corrected chi connectivity index (χ4v) is 2.81. The molecule has 0 atom stereocenters. The number of hydrogen-bond donors (Lipinski definition) is 3. The first-order valence-corrected chi connectivity index (χ1v) is 8.93. The van der Waals surface area contributed by atoms with Crippen molar-refractivity contribution in [3.05, 3.63) is 65.2 Å². The molecule has 8 heteroatoms. The van der Waals surface area contributed by atoms with Gasteiger partial charge in [0.15, 0.2) is 0 Å². The Morgan fingerprint density at radius 2 is 1.54 bits per heavy atom. The van der Waals surface area contributed by atoms with Crippen LogP contribution in [0.3, 0.4) is 0 Å². The number of benzene rings is 2. The van der Waals surface area contributed by atoms with E-state index in [4.69, 9.17) is 10.5 Å². The van der Waals surface area contributed by atoms with Crippen LogP contribution in [0.1, 0.15) is 26.3 Å². The predicted molar refractivity (Wildman–Crippen MR) is 104 cm³/mol. The highest BCUT2D eigenvalue weighted by molar-refractivity contribution is 6.04. The molecule has 8 nitrogen and oxygen atoms in total. The van der Waals surface area contributed by atoms with Gasteiger partial charge in [0.05, 0.1) is 13.2 Å². The summed E-state index contributed by atoms with van der Waals surface area (Å²) < 4.78 is 5.26. The standard InChI is InChI=1S/C20H22N4O4/c21-20(27)22-13-14-1-3-15(4-2-14)18(25)23-17-7-5-16(6-8-17)19(26)24-9-11-28-12-10-24/h1-8H,9-13H2,(H,23,25)(H3,21,22,27). The van der Waals surface area contributed by atoms with Gasteiger partial charge < -0.3 is 26.0 Å². The second-order valence-electron chi connectivity index (χ2n) is 6.35. The average Bonchev–Trinajstić information content (AvgIpc) is 2.73. The summed E-state index contributed by atoms with van der Waals surface area (Å²) in [6, 6.07) is 13.0. The third-order valence-electron chi connectivity index (χ3n) is 4.37. The maximum absolute atomic E-state index is 12.4. The van der Waals surface area contributed by atoms with Gasteiger partial charge in [-0.3, -0.25) is 9.59 Å². The van der Waals surface area contributed by atoms with Crippen LogP contribution in [-0.4, -0.2) is 49.0 Å². The molecule has 4 N–H and O–H groups in total. The number of nitrogens with one attached hydrogen (secondary N) is 2. The van der Waals surface area contributed by atoms with Crippen molar-refractivity contribution in [3.63, 3.8) is 0 Å². The first-order valence-electron chi connectivity index (χ1n) is 8.93. The zero-order valence-electron chi connectivity index (χ0n) is 15.3. The molecule has 4 amide bonds. The van der Waals surface area contributed by atoms with Gasteiger partial charge in [-0.15, -0.1) is 0 Å². The minimum absolute atomic E-state index is 0.0404. The number of ether oxygens (including phenoxy) is 1. The van der Waals surface area contributed by atoms with E-state index in [0.717, 1.165) is 5.56 Å². The maximum atomic E-state index is 12.4. The predicted octanol–water partition coefficient (Wildman–Crippen LogP) is 1.58. The Bertz CT molecular complexity index is 844. The Balaban J connectivity index is 1.58. The molecule has 0 saturated carbocycles. The molecule has 1 aliphatic heterocycles. The normalized spacial score (nSPS) is 13.6. The highest BCUT2D eigenvalue weighted by Crippen LogP contribution is 2.14. The summed E-state index contributed by atoms with van der Waals surface area (Å²) in [5, 5.41) is 5.29. The van der Waals surface area contributed by atoms with E-state index < -0.39 is 6.03 Å². The van der Waals surface area contributed by atoms with Gasteiger partial charge in [0.1, 0.15) is 0 Å². The van der Waals surface area contributed by atoms with Crippen molar-refractivity contribution in [2.24, 2.45) is 5.73 Å². The first kappa shape index (κ1) is 19.4. The van der Waals surface area contributed by atoms with Crippen LogP contribution in [0.5, 0.6) is 0 Å². The molecule has 2 aromatic carbocycles. The largest absolute Gasteiger partial charge is 0.378 e. The van der Waals surface area contributed by atoms with E-state index in [-0.39, 0.29) is 11.8 Å². The summed E-state index contributed by atoms with van der Waals surface area (Å²) in [5.41, 5.74) is 7.52. The molecule has 1 heterocycles. The van der Waals surface area contributed by atoms with Crippen LogP contribution >= 0.6 is 0 Å². The van der Waals surface area contributed by atoms with Crippen molar-refractivity contribution in [3.8, 4) is 0 Å². The molecule has 2 aromatic rings. The van der Waals surface area contributed by atoms with E-state index >= 15 is 0 Å². The molecule has 1 saturated heterocycles. The summed E-state index contributed by atoms with van der Waals surface area (Å²) in [5.74, 6) is -0.303. The number of carbonyl (C=O) groups excluding carboxylic acids is 3. The molecule has 0 spiro atoms. The highest BCUT2D eigenvalue weighted by Gasteiger charge is 2.18. The molecule has 0 bridgehead atoms. The number of amides is 4. The van der Waals surface area contributed by atoms with Crippen molar-refractivity contribution in [1.29, 1.82) is 0 Å². The molecule has 146 valence electrons. The minimum atomic E-state index is -0.600. The lowest BCUT2D eigenvalue weighted by Gasteiger charge is -2.26. The van der Waals surface area contributed by atoms with E-state index in [1.165, 1.54) is 0 Å². The zero-order chi connectivity index (χ0) is 19.9. The van der Waals surface area contributed by atoms with Crippen LogP contribution in [0.4, 0.5) is 10.5 Å². The number of carbonyl (C=O) groups is 3. The molecule has 0 aliphatic carbocycles. The van der Waals surface area contributed by atoms with E-state index in [2.05, 4.69) is 10.6 Å². The highest BCUT2D eigenvalue weighted by atomic mass is 16.5. The minimum Gasteiger partial charge on any atom is -0.378 e. The lowest BCUT2D eigenvalue weighted by Crippen LogP contribution is -2.40. The molecular formula is C20H22N4O4. The lowest BCUT2D eigenvalue weighted by molar-refractivity contribution is 0.0303. The van der Waals surface area contributed by atoms with Gasteiger partial charge in [0.2, 0.25) is 0 Å². The van der Waals surface area contributed by atoms with E-state index in [0.29, 0.717) is 49.7 Å². The van der Waals surface area contributed by atoms with Gasteiger partial charge in [0.25, 0.3) is 11.8 Å². The molecule has 1 fully saturated rings. The van der Waals surface area contributed by atoms with Crippen LogP contribution in [0.15, 0.2) is 48.5 Å². The maximum Gasteiger partial charge on any atom is 0.312 e. The number of morpholine rings is 1. The average molecular weight is 382 g/mol. The third kappa shape index (κ3) is 5.08. The lowest BCUT2D eigenvalue weighted by atomic mass is 10.1. The van der Waals surface area contributed by atoms with E-state index in [1.807, 2.05) is 0 Å². The van der Waals surface area contributed by atoms with E-state index in [9.17, 15) is 14.4 Å². The quantitative estimate of drug-likeness (QED) is 0.728. The number of nitrogens with two attached hydrogens (primary N) is 1. The second-order valence-corrected chi connectivity index (χ2v) is 6.35. The third-order valence-corrected chi connectivity index (χ3v) is 4.37. The Labute approximate surface area is 162 Å². The monoisotopic (exact) mass is 382 g/mol. The fourth-order valence-electron chi connectivity index (χ4n) is 2.81. The van der Waals surface area contributed by atoms with Gasteiger partial charge in [-0.25, -0.2) is 4.79 Å². The number of primary amides is 1. The fraction of sp³-hybridized carbons (Fsp3) is 0.250. The Kier molecular flexibility index (Phi) is 6.23. The zero-order valence-corrected chi connectivity index (χ0v) is 15.3. The molecule has 1 aliphatic rings. The van der Waals surface area contributed by atoms with Gasteiger partial charge in [-0.05, 0) is 42.0 Å². The van der Waals surface area contributed by atoms with Gasteiger partial charge in [0, 0.05) is 36.4 Å². The van der Waals surface area contributed by atoms with Gasteiger partial charge in [-0.1, -0.05) is 12.1 Å². The van der Waals surface area contributed by atoms with Gasteiger partial charge >= 0.3 is 6.03 Å². The summed E-state index contributed by atoms with van der Waals surface area (Å²) in [6.07, 6.45) is 0. The molecule has 0 radical (unpaired) electrons. The first-order chi connectivity index (χ1) is 13.5. The Hall–Kier alpha value is -3.39. The van der Waals surface area contributed by atoms with Crippen molar-refractivity contribution < 1.29 is 19.1 Å². The smallest absolute Gasteiger partial charge is 0.312 e. The summed E-state index contributed by atoms with van der Waals surface area (Å²) in [4.78, 5) is 37.3. The van der Waals surface area contributed by atoms with Crippen molar-refractivity contribution in [2.45, 2.75) is 6.54 Å². The van der Waals surface area contributed by atoms with Crippen LogP contribution in [0, 0.1) is 0 Å². The Morgan fingerprint density at radius 1 is 0.929 bits per heavy atom. The summed E-state index contributed by atoms with van der Waals surface area (Å²) in [6.45, 7) is 2.58.